The van der Waals surface area contributed by atoms with Crippen molar-refractivity contribution >= 4 is 50.6 Å². The molecule has 0 bridgehead atoms. The molecule has 4 nitrogen and oxygen atoms in total. The quantitative estimate of drug-likeness (QED) is 0.403. The van der Waals surface area contributed by atoms with E-state index in [4.69, 9.17) is 0 Å². The number of aromatic nitrogens is 2. The van der Waals surface area contributed by atoms with E-state index in [0.717, 1.165) is 31.6 Å². The summed E-state index contributed by atoms with van der Waals surface area (Å²) in [6, 6.07) is 15.8. The lowest BCUT2D eigenvalue weighted by Crippen LogP contribution is -2.26. The van der Waals surface area contributed by atoms with Crippen LogP contribution in [0.2, 0.25) is 0 Å². The number of para-hydroxylation sites is 1. The van der Waals surface area contributed by atoms with E-state index in [0.29, 0.717) is 12.1 Å². The molecule has 4 aromatic rings. The Kier molecular flexibility index (Phi) is 5.52. The number of rotatable bonds is 6. The molecular weight excluding hydrogens is 394 g/mol. The smallest absolute Gasteiger partial charge is 0.253 e. The Morgan fingerprint density at radius 3 is 2.70 bits per heavy atom. The molecule has 0 aliphatic carbocycles. The molecule has 0 radical (unpaired) electrons. The van der Waals surface area contributed by atoms with Crippen LogP contribution in [-0.4, -0.2) is 27.8 Å². The first-order valence-electron chi connectivity index (χ1n) is 8.39. The maximum Gasteiger partial charge on any atom is 0.253 e. The summed E-state index contributed by atoms with van der Waals surface area (Å²) in [6.45, 7) is 0.512. The molecule has 2 heterocycles. The van der Waals surface area contributed by atoms with Gasteiger partial charge in [-0.05, 0) is 36.4 Å². The standard InChI is InChI=1S/C20H17N3OS3/c1-23(10-19-22-17-4-2-3-5-18(17)27-19)20(24)14-6-8-16(9-7-14)26-12-15-11-25-13-21-15/h2-9,11,13H,10,12H2,1H3. The Balaban J connectivity index is 1.39. The normalized spacial score (nSPS) is 11.0. The second-order valence-corrected chi connectivity index (χ2v) is 8.91. The number of amides is 1. The van der Waals surface area contributed by atoms with Crippen LogP contribution in [0.25, 0.3) is 10.2 Å². The second-order valence-electron chi connectivity index (χ2n) is 6.03. The van der Waals surface area contributed by atoms with Gasteiger partial charge < -0.3 is 4.90 Å². The van der Waals surface area contributed by atoms with E-state index in [1.54, 1.807) is 39.3 Å². The highest BCUT2D eigenvalue weighted by molar-refractivity contribution is 7.98. The topological polar surface area (TPSA) is 46.1 Å². The minimum Gasteiger partial charge on any atom is -0.335 e. The molecule has 136 valence electrons. The zero-order chi connectivity index (χ0) is 18.6. The van der Waals surface area contributed by atoms with Gasteiger partial charge in [-0.3, -0.25) is 4.79 Å². The van der Waals surface area contributed by atoms with Crippen molar-refractivity contribution in [3.05, 3.63) is 75.7 Å². The molecule has 0 fully saturated rings. The van der Waals surface area contributed by atoms with Crippen LogP contribution in [0.4, 0.5) is 0 Å². The number of carbonyl (C=O) groups excluding carboxylic acids is 1. The van der Waals surface area contributed by atoms with Gasteiger partial charge in [0.1, 0.15) is 5.01 Å². The second kappa shape index (κ2) is 8.21. The van der Waals surface area contributed by atoms with Gasteiger partial charge in [-0.2, -0.15) is 0 Å². The summed E-state index contributed by atoms with van der Waals surface area (Å²) in [5, 5.41) is 3.00. The van der Waals surface area contributed by atoms with Gasteiger partial charge in [0.05, 0.1) is 28.0 Å². The third kappa shape index (κ3) is 4.37. The van der Waals surface area contributed by atoms with Crippen molar-refractivity contribution in [3.8, 4) is 0 Å². The number of nitrogens with zero attached hydrogens (tertiary/aromatic N) is 3. The Morgan fingerprint density at radius 2 is 1.96 bits per heavy atom. The summed E-state index contributed by atoms with van der Waals surface area (Å²) in [6.07, 6.45) is 0. The zero-order valence-corrected chi connectivity index (χ0v) is 17.1. The van der Waals surface area contributed by atoms with Gasteiger partial charge in [-0.15, -0.1) is 34.4 Å². The molecule has 27 heavy (non-hydrogen) atoms. The van der Waals surface area contributed by atoms with Gasteiger partial charge >= 0.3 is 0 Å². The van der Waals surface area contributed by atoms with E-state index in [1.807, 2.05) is 55.0 Å². The first-order chi connectivity index (χ1) is 13.2. The number of carbonyl (C=O) groups is 1. The van der Waals surface area contributed by atoms with Crippen molar-refractivity contribution in [2.24, 2.45) is 0 Å². The van der Waals surface area contributed by atoms with Crippen LogP contribution >= 0.6 is 34.4 Å². The molecule has 2 aromatic heterocycles. The molecule has 0 aliphatic heterocycles. The minimum atomic E-state index is 0.00491. The predicted molar refractivity (Wildman–Crippen MR) is 114 cm³/mol. The molecule has 1 amide bonds. The van der Waals surface area contributed by atoms with Crippen molar-refractivity contribution in [2.45, 2.75) is 17.2 Å². The van der Waals surface area contributed by atoms with Crippen molar-refractivity contribution < 1.29 is 4.79 Å². The van der Waals surface area contributed by atoms with Gasteiger partial charge in [0.15, 0.2) is 0 Å². The molecule has 0 N–H and O–H groups in total. The Hall–Kier alpha value is -2.22. The Bertz CT molecular complexity index is 1010. The van der Waals surface area contributed by atoms with Gasteiger partial charge in [-0.1, -0.05) is 12.1 Å². The fourth-order valence-corrected chi connectivity index (χ4v) is 5.13. The first kappa shape index (κ1) is 18.2. The summed E-state index contributed by atoms with van der Waals surface area (Å²) in [4.78, 5) is 24.5. The number of hydrogen-bond acceptors (Lipinski definition) is 6. The van der Waals surface area contributed by atoms with Gasteiger partial charge in [0.25, 0.3) is 5.91 Å². The summed E-state index contributed by atoms with van der Waals surface area (Å²) < 4.78 is 1.15. The molecule has 0 spiro atoms. The molecule has 0 saturated carbocycles. The van der Waals surface area contributed by atoms with Crippen molar-refractivity contribution in [3.63, 3.8) is 0 Å². The lowest BCUT2D eigenvalue weighted by atomic mass is 10.2. The highest BCUT2D eigenvalue weighted by Crippen LogP contribution is 2.25. The molecule has 4 rings (SSSR count). The fourth-order valence-electron chi connectivity index (χ4n) is 2.64. The van der Waals surface area contributed by atoms with E-state index in [2.05, 4.69) is 21.4 Å². The largest absolute Gasteiger partial charge is 0.335 e. The van der Waals surface area contributed by atoms with Crippen molar-refractivity contribution in [2.75, 3.05) is 7.05 Å². The highest BCUT2D eigenvalue weighted by atomic mass is 32.2. The molecule has 7 heteroatoms. The van der Waals surface area contributed by atoms with Gasteiger partial charge in [-0.25, -0.2) is 9.97 Å². The van der Waals surface area contributed by atoms with E-state index >= 15 is 0 Å². The number of thiazole rings is 2. The Labute approximate surface area is 169 Å². The number of fused-ring (bicyclic) bond motifs is 1. The van der Waals surface area contributed by atoms with Crippen molar-refractivity contribution in [1.29, 1.82) is 0 Å². The Morgan fingerprint density at radius 1 is 1.15 bits per heavy atom. The van der Waals surface area contributed by atoms with E-state index < -0.39 is 0 Å². The predicted octanol–water partition coefficient (Wildman–Crippen LogP) is 5.32. The van der Waals surface area contributed by atoms with E-state index in [1.165, 1.54) is 0 Å². The SMILES string of the molecule is CN(Cc1nc2ccccc2s1)C(=O)c1ccc(SCc2cscn2)cc1. The average Bonchev–Trinajstić information content (AvgIpc) is 3.35. The van der Waals surface area contributed by atoms with Gasteiger partial charge in [0, 0.05) is 28.6 Å². The summed E-state index contributed by atoms with van der Waals surface area (Å²) in [5.74, 6) is 0.846. The van der Waals surface area contributed by atoms with Crippen LogP contribution < -0.4 is 0 Å². The first-order valence-corrected chi connectivity index (χ1v) is 11.1. The summed E-state index contributed by atoms with van der Waals surface area (Å²) >= 11 is 4.96. The molecule has 0 unspecified atom stereocenters. The molecule has 2 aromatic carbocycles. The van der Waals surface area contributed by atoms with Crippen LogP contribution in [0.1, 0.15) is 21.1 Å². The molecule has 0 aliphatic rings. The third-order valence-electron chi connectivity index (χ3n) is 4.03. The van der Waals surface area contributed by atoms with Crippen molar-refractivity contribution in [1.82, 2.24) is 14.9 Å². The number of thioether (sulfide) groups is 1. The number of hydrogen-bond donors (Lipinski definition) is 0. The molecule has 0 saturated heterocycles. The number of benzene rings is 2. The third-order valence-corrected chi connectivity index (χ3v) is 6.73. The minimum absolute atomic E-state index is 0.00491. The summed E-state index contributed by atoms with van der Waals surface area (Å²) in [5.41, 5.74) is 4.61. The lowest BCUT2D eigenvalue weighted by Gasteiger charge is -2.15. The zero-order valence-electron chi connectivity index (χ0n) is 14.7. The monoisotopic (exact) mass is 411 g/mol. The molecular formula is C20H17N3OS3. The van der Waals surface area contributed by atoms with E-state index in [9.17, 15) is 4.79 Å². The van der Waals surface area contributed by atoms with Crippen LogP contribution in [0.3, 0.4) is 0 Å². The van der Waals surface area contributed by atoms with E-state index in [-0.39, 0.29) is 5.91 Å². The fraction of sp³-hybridized carbons (Fsp3) is 0.150. The molecule has 0 atom stereocenters. The van der Waals surface area contributed by atoms with Crippen LogP contribution in [0, 0.1) is 0 Å². The average molecular weight is 412 g/mol. The summed E-state index contributed by atoms with van der Waals surface area (Å²) in [7, 11) is 1.82. The lowest BCUT2D eigenvalue weighted by molar-refractivity contribution is 0.0785. The van der Waals surface area contributed by atoms with Crippen LogP contribution in [-0.2, 0) is 12.3 Å². The highest BCUT2D eigenvalue weighted by Gasteiger charge is 2.14. The van der Waals surface area contributed by atoms with Crippen LogP contribution in [0.5, 0.6) is 0 Å². The van der Waals surface area contributed by atoms with Crippen LogP contribution in [0.15, 0.2) is 64.3 Å². The van der Waals surface area contributed by atoms with Gasteiger partial charge in [0.2, 0.25) is 0 Å². The maximum atomic E-state index is 12.7. The maximum absolute atomic E-state index is 12.7.